The number of nitrogens with one attached hydrogen (secondary N) is 2. The van der Waals surface area contributed by atoms with Gasteiger partial charge >= 0.3 is 0 Å². The number of hydrogen-bond donors (Lipinski definition) is 2. The molecule has 5 rings (SSSR count). The molecule has 0 saturated carbocycles. The SMILES string of the molecule is CC(=O)Nc1ccc(C#CC#N)cc1.CC(C)Oc1cccc(OC(C)C)c1C#CC#N.CNC(=O)c1ccc(C#CC#N)cc1.COc1cccc(C#CC#N)c1.COc1cccc(OC)c1C#CC#N. The molecule has 0 spiro atoms. The van der Waals surface area contributed by atoms with Gasteiger partial charge in [-0.1, -0.05) is 36.0 Å². The van der Waals surface area contributed by atoms with Crippen LogP contribution in [-0.4, -0.2) is 52.4 Å². The molecule has 2 amide bonds. The Bertz CT molecular complexity index is 3090. The fourth-order valence-corrected chi connectivity index (χ4v) is 5.18. The lowest BCUT2D eigenvalue weighted by Crippen LogP contribution is -2.17. The molecule has 0 aliphatic carbocycles. The number of ether oxygens (including phenoxy) is 5. The van der Waals surface area contributed by atoms with Crippen LogP contribution >= 0.6 is 0 Å². The Balaban J connectivity index is 0.000000453. The number of carbonyl (C=O) groups excluding carboxylic acids is 2. The van der Waals surface area contributed by atoms with Gasteiger partial charge < -0.3 is 34.3 Å². The van der Waals surface area contributed by atoms with Crippen molar-refractivity contribution in [2.24, 2.45) is 0 Å². The molecule has 0 unspecified atom stereocenters. The molecule has 0 fully saturated rings. The van der Waals surface area contributed by atoms with Crippen molar-refractivity contribution < 1.29 is 33.3 Å². The van der Waals surface area contributed by atoms with Crippen molar-refractivity contribution in [2.45, 2.75) is 46.8 Å². The highest BCUT2D eigenvalue weighted by atomic mass is 16.5. The van der Waals surface area contributed by atoms with Crippen LogP contribution in [-0.2, 0) is 4.79 Å². The molecule has 72 heavy (non-hydrogen) atoms. The van der Waals surface area contributed by atoms with Crippen molar-refractivity contribution >= 4 is 17.5 Å². The molecule has 0 aliphatic heterocycles. The average Bonchev–Trinajstić information content (AvgIpc) is 3.38. The lowest BCUT2D eigenvalue weighted by Gasteiger charge is -2.16. The number of nitrogens with zero attached hydrogens (tertiary/aromatic N) is 5. The van der Waals surface area contributed by atoms with Crippen molar-refractivity contribution in [1.82, 2.24) is 5.32 Å². The van der Waals surface area contributed by atoms with E-state index in [1.54, 1.807) is 132 Å². The predicted octanol–water partition coefficient (Wildman–Crippen LogP) is 8.73. The zero-order chi connectivity index (χ0) is 53.5. The summed E-state index contributed by atoms with van der Waals surface area (Å²) in [6, 6.07) is 40.6. The normalized spacial score (nSPS) is 8.36. The zero-order valence-electron chi connectivity index (χ0n) is 41.1. The Morgan fingerprint density at radius 2 is 0.875 bits per heavy atom. The monoisotopic (exact) mass is 955 g/mol. The number of benzene rings is 5. The third kappa shape index (κ3) is 24.2. The summed E-state index contributed by atoms with van der Waals surface area (Å²) in [5.74, 6) is 28.0. The molecular formula is C58H49N7O7. The molecule has 0 aliphatic rings. The molecular weight excluding hydrogens is 907 g/mol. The summed E-state index contributed by atoms with van der Waals surface area (Å²) >= 11 is 0. The number of anilines is 1. The maximum absolute atomic E-state index is 11.1. The molecule has 358 valence electrons. The number of carbonyl (C=O) groups is 2. The van der Waals surface area contributed by atoms with Crippen LogP contribution in [0.4, 0.5) is 5.69 Å². The van der Waals surface area contributed by atoms with E-state index in [-0.39, 0.29) is 24.0 Å². The molecule has 0 atom stereocenters. The first kappa shape index (κ1) is 59.3. The topological polar surface area (TPSA) is 223 Å². The van der Waals surface area contributed by atoms with Gasteiger partial charge in [0.2, 0.25) is 5.91 Å². The Morgan fingerprint density at radius 1 is 0.486 bits per heavy atom. The summed E-state index contributed by atoms with van der Waals surface area (Å²) in [7, 11) is 6.27. The number of methoxy groups -OCH3 is 3. The third-order valence-electron chi connectivity index (χ3n) is 8.07. The first-order valence-corrected chi connectivity index (χ1v) is 21.3. The van der Waals surface area contributed by atoms with Crippen molar-refractivity contribution in [3.05, 3.63) is 143 Å². The minimum absolute atomic E-state index is 0.0435. The van der Waals surface area contributed by atoms with Crippen LogP contribution in [0.2, 0.25) is 0 Å². The molecule has 5 aromatic rings. The standard InChI is InChI=1S/C15H17NO2.2C11H8N2O.C11H9NO2.C10H7NO/c1-11(2)17-14-8-5-9-15(18-12(3)4)13(14)7-6-10-16;1-13-11(14)10-6-4-9(5-7-10)3-2-8-12;1-9(14)13-11-6-4-10(5-7-11)3-2-8-12;1-13-10-6-3-7-11(14-2)9(10)5-4-8-12;1-12-10-6-2-4-9(8-10)5-3-7-11/h5,8-9,11-12H,1-4H3;2*4-7H,1H3,(H,13,14);3,6-7H,1-2H3;2,4,6,8H,1H3. The number of rotatable bonds is 9. The minimum Gasteiger partial charge on any atom is -0.497 e. The summed E-state index contributed by atoms with van der Waals surface area (Å²) in [5.41, 5.74) is 4.78. The highest BCUT2D eigenvalue weighted by Gasteiger charge is 2.11. The molecule has 0 aromatic heterocycles. The second-order valence-corrected chi connectivity index (χ2v) is 14.0. The van der Waals surface area contributed by atoms with Gasteiger partial charge in [0.1, 0.15) is 39.9 Å². The highest BCUT2D eigenvalue weighted by molar-refractivity contribution is 5.94. The van der Waals surface area contributed by atoms with E-state index in [4.69, 9.17) is 50.0 Å². The van der Waals surface area contributed by atoms with E-state index in [9.17, 15) is 9.59 Å². The van der Waals surface area contributed by atoms with Gasteiger partial charge in [0.05, 0.1) is 33.5 Å². The van der Waals surface area contributed by atoms with Crippen LogP contribution in [0.1, 0.15) is 72.8 Å². The lowest BCUT2D eigenvalue weighted by molar-refractivity contribution is -0.114. The number of hydrogen-bond acceptors (Lipinski definition) is 12. The van der Waals surface area contributed by atoms with Crippen LogP contribution in [0.3, 0.4) is 0 Å². The van der Waals surface area contributed by atoms with E-state index in [2.05, 4.69) is 69.8 Å². The Hall–Kier alpha value is -10.7. The van der Waals surface area contributed by atoms with E-state index in [1.807, 2.05) is 64.1 Å². The second kappa shape index (κ2) is 35.5. The summed E-state index contributed by atoms with van der Waals surface area (Å²) in [4.78, 5) is 21.8. The first-order valence-electron chi connectivity index (χ1n) is 21.3. The Kier molecular flexibility index (Phi) is 29.2. The molecule has 2 N–H and O–H groups in total. The van der Waals surface area contributed by atoms with Gasteiger partial charge in [-0.15, -0.1) is 0 Å². The van der Waals surface area contributed by atoms with Crippen molar-refractivity contribution in [3.8, 4) is 118 Å². The smallest absolute Gasteiger partial charge is 0.251 e. The fraction of sp³-hybridized carbons (Fsp3) is 0.190. The summed E-state index contributed by atoms with van der Waals surface area (Å²) in [6.45, 7) is 9.22. The summed E-state index contributed by atoms with van der Waals surface area (Å²) in [5, 5.41) is 46.7. The highest BCUT2D eigenvalue weighted by Crippen LogP contribution is 2.29. The zero-order valence-corrected chi connectivity index (χ0v) is 41.1. The van der Waals surface area contributed by atoms with Crippen molar-refractivity contribution in [1.29, 1.82) is 26.3 Å². The molecule has 0 saturated heterocycles. The maximum Gasteiger partial charge on any atom is 0.251 e. The van der Waals surface area contributed by atoms with Gasteiger partial charge in [-0.2, -0.15) is 26.3 Å². The first-order chi connectivity index (χ1) is 34.7. The molecule has 0 bridgehead atoms. The van der Waals surface area contributed by atoms with Gasteiger partial charge in [0.25, 0.3) is 5.91 Å². The van der Waals surface area contributed by atoms with Gasteiger partial charge in [-0.05, 0) is 131 Å². The van der Waals surface area contributed by atoms with E-state index < -0.39 is 0 Å². The van der Waals surface area contributed by atoms with Gasteiger partial charge in [0, 0.05) is 71.5 Å². The van der Waals surface area contributed by atoms with E-state index in [0.29, 0.717) is 39.7 Å². The van der Waals surface area contributed by atoms with Gasteiger partial charge in [0.15, 0.2) is 30.3 Å². The van der Waals surface area contributed by atoms with E-state index >= 15 is 0 Å². The van der Waals surface area contributed by atoms with Gasteiger partial charge in [-0.3, -0.25) is 9.59 Å². The maximum atomic E-state index is 11.1. The van der Waals surface area contributed by atoms with Gasteiger partial charge in [-0.25, -0.2) is 0 Å². The fourth-order valence-electron chi connectivity index (χ4n) is 5.18. The Morgan fingerprint density at radius 3 is 1.26 bits per heavy atom. The van der Waals surface area contributed by atoms with E-state index in [0.717, 1.165) is 28.1 Å². The van der Waals surface area contributed by atoms with Crippen LogP contribution in [0.5, 0.6) is 28.7 Å². The Labute approximate surface area is 422 Å². The quantitative estimate of drug-likeness (QED) is 0.132. The molecule has 14 nitrogen and oxygen atoms in total. The second-order valence-electron chi connectivity index (χ2n) is 14.0. The van der Waals surface area contributed by atoms with Crippen LogP contribution < -0.4 is 34.3 Å². The summed E-state index contributed by atoms with van der Waals surface area (Å²) in [6.07, 6.45) is 0.0869. The van der Waals surface area contributed by atoms with Crippen molar-refractivity contribution in [3.63, 3.8) is 0 Å². The third-order valence-corrected chi connectivity index (χ3v) is 8.07. The molecule has 0 radical (unpaired) electrons. The molecule has 0 heterocycles. The summed E-state index contributed by atoms with van der Waals surface area (Å²) < 4.78 is 26.5. The van der Waals surface area contributed by atoms with Crippen LogP contribution in [0.15, 0.2) is 109 Å². The average molecular weight is 956 g/mol. The van der Waals surface area contributed by atoms with Crippen LogP contribution in [0.25, 0.3) is 0 Å². The largest absolute Gasteiger partial charge is 0.497 e. The lowest BCUT2D eigenvalue weighted by atomic mass is 10.1. The van der Waals surface area contributed by atoms with Crippen molar-refractivity contribution in [2.75, 3.05) is 33.7 Å². The number of nitriles is 5. The molecule has 14 heteroatoms. The van der Waals surface area contributed by atoms with Crippen LogP contribution in [0, 0.1) is 116 Å². The van der Waals surface area contributed by atoms with E-state index in [1.165, 1.54) is 6.92 Å². The number of amides is 2. The minimum atomic E-state index is -0.134. The predicted molar refractivity (Wildman–Crippen MR) is 274 cm³/mol. The molecule has 5 aromatic carbocycles.